The fourth-order valence-corrected chi connectivity index (χ4v) is 7.53. The maximum absolute atomic E-state index is 6.40. The Morgan fingerprint density at radius 1 is 0.558 bits per heavy atom. The quantitative estimate of drug-likeness (QED) is 0.0750. The molecule has 0 aliphatic rings. The van der Waals surface area contributed by atoms with Crippen molar-refractivity contribution in [2.45, 2.75) is 121 Å². The number of hydrogen-bond donors (Lipinski definition) is 0. The van der Waals surface area contributed by atoms with E-state index in [1.807, 2.05) is 11.8 Å². The van der Waals surface area contributed by atoms with Crippen molar-refractivity contribution in [3.05, 3.63) is 108 Å². The number of benzene rings is 3. The maximum atomic E-state index is 6.40. The largest absolute Gasteiger partial charge is 0.376 e. The molecule has 0 aliphatic carbocycles. The van der Waals surface area contributed by atoms with Crippen molar-refractivity contribution in [3.63, 3.8) is 0 Å². The molecule has 0 aliphatic heterocycles. The van der Waals surface area contributed by atoms with Gasteiger partial charge in [0.1, 0.15) is 0 Å². The first-order chi connectivity index (χ1) is 21.2. The average molecular weight is 603 g/mol. The summed E-state index contributed by atoms with van der Waals surface area (Å²) in [5, 5.41) is 0. The van der Waals surface area contributed by atoms with Crippen LogP contribution in [-0.4, -0.2) is 31.2 Å². The summed E-state index contributed by atoms with van der Waals surface area (Å²) >= 11 is 1.96. The second kappa shape index (κ2) is 21.6. The van der Waals surface area contributed by atoms with Crippen LogP contribution < -0.4 is 0 Å². The SMILES string of the molecule is CCCCCCCCCCCCCCC(C)OCC(CSC(c1ccccc1)(c1ccccc1)c1ccccc1)OCC. The molecule has 0 heterocycles. The first-order valence-corrected chi connectivity index (χ1v) is 18.2. The molecule has 2 atom stereocenters. The van der Waals surface area contributed by atoms with E-state index in [1.54, 1.807) is 0 Å². The highest BCUT2D eigenvalue weighted by atomic mass is 32.2. The number of thioether (sulfide) groups is 1. The maximum Gasteiger partial charge on any atom is 0.0907 e. The van der Waals surface area contributed by atoms with E-state index in [2.05, 4.69) is 112 Å². The third-order valence-corrected chi connectivity index (χ3v) is 10.1. The Balaban J connectivity index is 1.50. The molecule has 0 radical (unpaired) electrons. The zero-order chi connectivity index (χ0) is 30.4. The van der Waals surface area contributed by atoms with Crippen molar-refractivity contribution in [2.24, 2.45) is 0 Å². The molecule has 43 heavy (non-hydrogen) atoms. The molecule has 3 aromatic carbocycles. The standard InChI is InChI=1S/C40H58O2S/c1-4-6-7-8-9-10-11-12-13-14-15-19-26-35(3)42-33-39(41-5-2)34-43-40(36-27-20-16-21-28-36,37-29-22-17-23-30-37)38-31-24-18-25-32-38/h16-18,20-25,27-32,35,39H,4-15,19,26,33-34H2,1-3H3. The van der Waals surface area contributed by atoms with Crippen LogP contribution in [-0.2, 0) is 14.2 Å². The van der Waals surface area contributed by atoms with Crippen molar-refractivity contribution < 1.29 is 9.47 Å². The summed E-state index contributed by atoms with van der Waals surface area (Å²) in [7, 11) is 0. The molecule has 0 N–H and O–H groups in total. The van der Waals surface area contributed by atoms with E-state index in [4.69, 9.17) is 9.47 Å². The molecule has 3 rings (SSSR count). The molecule has 0 bridgehead atoms. The summed E-state index contributed by atoms with van der Waals surface area (Å²) in [6.07, 6.45) is 18.1. The molecule has 0 fully saturated rings. The lowest BCUT2D eigenvalue weighted by molar-refractivity contribution is -0.0283. The van der Waals surface area contributed by atoms with Gasteiger partial charge in [0.15, 0.2) is 0 Å². The zero-order valence-corrected chi connectivity index (χ0v) is 28.2. The molecule has 0 saturated heterocycles. The monoisotopic (exact) mass is 602 g/mol. The van der Waals surface area contributed by atoms with E-state index < -0.39 is 0 Å². The molecule has 0 spiro atoms. The van der Waals surface area contributed by atoms with Gasteiger partial charge in [-0.1, -0.05) is 175 Å². The first-order valence-electron chi connectivity index (χ1n) is 17.2. The van der Waals surface area contributed by atoms with E-state index in [0.29, 0.717) is 13.2 Å². The molecule has 236 valence electrons. The van der Waals surface area contributed by atoms with Crippen LogP contribution in [0.3, 0.4) is 0 Å². The third-order valence-electron chi connectivity index (χ3n) is 8.46. The number of rotatable bonds is 24. The van der Waals surface area contributed by atoms with Crippen molar-refractivity contribution in [2.75, 3.05) is 19.0 Å². The molecule has 2 nitrogen and oxygen atoms in total. The Kier molecular flexibility index (Phi) is 17.8. The molecule has 3 aromatic rings. The van der Waals surface area contributed by atoms with Crippen molar-refractivity contribution in [1.29, 1.82) is 0 Å². The second-order valence-corrected chi connectivity index (χ2v) is 13.2. The van der Waals surface area contributed by atoms with Gasteiger partial charge in [-0.2, -0.15) is 0 Å². The van der Waals surface area contributed by atoms with Gasteiger partial charge in [0.25, 0.3) is 0 Å². The Labute approximate surface area is 268 Å². The van der Waals surface area contributed by atoms with Crippen LogP contribution in [0.25, 0.3) is 0 Å². The van der Waals surface area contributed by atoms with Crippen LogP contribution in [0.2, 0.25) is 0 Å². The van der Waals surface area contributed by atoms with Crippen LogP contribution in [0, 0.1) is 0 Å². The number of unbranched alkanes of at least 4 members (excludes halogenated alkanes) is 11. The normalized spacial score (nSPS) is 13.2. The predicted octanol–water partition coefficient (Wildman–Crippen LogP) is 11.6. The highest BCUT2D eigenvalue weighted by molar-refractivity contribution is 8.00. The van der Waals surface area contributed by atoms with E-state index in [0.717, 1.165) is 12.2 Å². The Bertz CT molecular complexity index is 959. The zero-order valence-electron chi connectivity index (χ0n) is 27.4. The Hall–Kier alpha value is -2.07. The number of hydrogen-bond acceptors (Lipinski definition) is 3. The highest BCUT2D eigenvalue weighted by Crippen LogP contribution is 2.48. The fraction of sp³-hybridized carbons (Fsp3) is 0.550. The Morgan fingerprint density at radius 2 is 0.977 bits per heavy atom. The van der Waals surface area contributed by atoms with Crippen LogP contribution in [0.15, 0.2) is 91.0 Å². The van der Waals surface area contributed by atoms with Gasteiger partial charge in [0.2, 0.25) is 0 Å². The Morgan fingerprint density at radius 3 is 1.40 bits per heavy atom. The first kappa shape index (κ1) is 35.4. The summed E-state index contributed by atoms with van der Waals surface area (Å²) in [4.78, 5) is 0. The fourth-order valence-electron chi connectivity index (χ4n) is 5.99. The lowest BCUT2D eigenvalue weighted by atomic mass is 9.84. The van der Waals surface area contributed by atoms with Crippen LogP contribution in [0.4, 0.5) is 0 Å². The van der Waals surface area contributed by atoms with E-state index >= 15 is 0 Å². The van der Waals surface area contributed by atoms with Gasteiger partial charge in [0.05, 0.1) is 23.6 Å². The molecule has 0 amide bonds. The van der Waals surface area contributed by atoms with E-state index in [1.165, 1.54) is 93.7 Å². The summed E-state index contributed by atoms with van der Waals surface area (Å²) in [6, 6.07) is 32.8. The molecule has 0 saturated carbocycles. The van der Waals surface area contributed by atoms with Crippen LogP contribution >= 0.6 is 11.8 Å². The van der Waals surface area contributed by atoms with E-state index in [9.17, 15) is 0 Å². The van der Waals surface area contributed by atoms with Gasteiger partial charge in [-0.3, -0.25) is 0 Å². The van der Waals surface area contributed by atoms with Gasteiger partial charge >= 0.3 is 0 Å². The molecular weight excluding hydrogens is 545 g/mol. The van der Waals surface area contributed by atoms with Crippen molar-refractivity contribution in [3.8, 4) is 0 Å². The van der Waals surface area contributed by atoms with Crippen LogP contribution in [0.1, 0.15) is 121 Å². The summed E-state index contributed by atoms with van der Waals surface area (Å²) in [5.74, 6) is 0.845. The predicted molar refractivity (Wildman–Crippen MR) is 188 cm³/mol. The van der Waals surface area contributed by atoms with E-state index in [-0.39, 0.29) is 17.0 Å². The smallest absolute Gasteiger partial charge is 0.0907 e. The molecule has 3 heteroatoms. The summed E-state index contributed by atoms with van der Waals surface area (Å²) in [6.45, 7) is 7.94. The topological polar surface area (TPSA) is 18.5 Å². The minimum absolute atomic E-state index is 0.0370. The second-order valence-electron chi connectivity index (χ2n) is 12.0. The molecule has 2 unspecified atom stereocenters. The molecule has 0 aromatic heterocycles. The van der Waals surface area contributed by atoms with Crippen LogP contribution in [0.5, 0.6) is 0 Å². The lowest BCUT2D eigenvalue weighted by Gasteiger charge is -2.36. The average Bonchev–Trinajstić information content (AvgIpc) is 3.06. The molecular formula is C40H58O2S. The minimum atomic E-state index is -0.334. The summed E-state index contributed by atoms with van der Waals surface area (Å²) in [5.41, 5.74) is 3.86. The van der Waals surface area contributed by atoms with Gasteiger partial charge in [-0.25, -0.2) is 0 Å². The third kappa shape index (κ3) is 12.4. The lowest BCUT2D eigenvalue weighted by Crippen LogP contribution is -2.31. The minimum Gasteiger partial charge on any atom is -0.376 e. The van der Waals surface area contributed by atoms with Gasteiger partial charge < -0.3 is 9.47 Å². The van der Waals surface area contributed by atoms with Crippen molar-refractivity contribution in [1.82, 2.24) is 0 Å². The van der Waals surface area contributed by atoms with Gasteiger partial charge in [-0.15, -0.1) is 11.8 Å². The number of ether oxygens (including phenoxy) is 2. The highest BCUT2D eigenvalue weighted by Gasteiger charge is 2.37. The van der Waals surface area contributed by atoms with Crippen molar-refractivity contribution >= 4 is 11.8 Å². The summed E-state index contributed by atoms with van der Waals surface area (Å²) < 4.78 is 12.3. The van der Waals surface area contributed by atoms with Gasteiger partial charge in [-0.05, 0) is 37.0 Å². The van der Waals surface area contributed by atoms with Gasteiger partial charge in [0, 0.05) is 12.4 Å².